The lowest BCUT2D eigenvalue weighted by Gasteiger charge is -2.42. The maximum atomic E-state index is 8.64. The normalized spacial score (nSPS) is 32.3. The first-order valence-electron chi connectivity index (χ1n) is 6.24. The highest BCUT2D eigenvalue weighted by atomic mass is 14.4. The molecule has 0 heterocycles. The Balaban J connectivity index is 2.45. The van der Waals surface area contributed by atoms with Crippen LogP contribution in [-0.2, 0) is 0 Å². The van der Waals surface area contributed by atoms with Gasteiger partial charge in [0.1, 0.15) is 0 Å². The number of rotatable bonds is 2. The van der Waals surface area contributed by atoms with Crippen molar-refractivity contribution in [3.05, 3.63) is 0 Å². The number of nitrogens with zero attached hydrogens (tertiary/aromatic N) is 1. The Bertz CT molecular complexity index is 233. The van der Waals surface area contributed by atoms with E-state index in [1.165, 1.54) is 25.7 Å². The molecule has 1 fully saturated rings. The topological polar surface area (TPSA) is 23.8 Å². The van der Waals surface area contributed by atoms with Gasteiger partial charge >= 0.3 is 0 Å². The van der Waals surface area contributed by atoms with Crippen LogP contribution in [-0.4, -0.2) is 0 Å². The Hall–Kier alpha value is -0.510. The maximum Gasteiger partial charge on any atom is 0.0621 e. The third kappa shape index (κ3) is 3.52. The zero-order chi connectivity index (χ0) is 11.5. The van der Waals surface area contributed by atoms with Crippen molar-refractivity contribution in [2.45, 2.75) is 66.2 Å². The summed E-state index contributed by atoms with van der Waals surface area (Å²) in [6, 6.07) is 2.28. The molecule has 0 saturated heterocycles. The Morgan fingerprint density at radius 3 is 2.20 bits per heavy atom. The Morgan fingerprint density at radius 1 is 1.27 bits per heavy atom. The molecular weight excluding hydrogens is 182 g/mol. The van der Waals surface area contributed by atoms with E-state index in [9.17, 15) is 0 Å². The maximum absolute atomic E-state index is 8.64. The van der Waals surface area contributed by atoms with Crippen LogP contribution in [0.25, 0.3) is 0 Å². The molecular formula is C14H25N. The van der Waals surface area contributed by atoms with Crippen LogP contribution in [0, 0.1) is 28.1 Å². The summed E-state index contributed by atoms with van der Waals surface area (Å²) in [5.41, 5.74) is 0.925. The summed E-state index contributed by atoms with van der Waals surface area (Å²) >= 11 is 0. The number of hydrogen-bond acceptors (Lipinski definition) is 1. The van der Waals surface area contributed by atoms with Gasteiger partial charge in [-0.1, -0.05) is 27.7 Å². The summed E-state index contributed by atoms with van der Waals surface area (Å²) in [6.07, 6.45) is 7.17. The van der Waals surface area contributed by atoms with Crippen LogP contribution in [0.4, 0.5) is 0 Å². The number of nitriles is 1. The Labute approximate surface area is 94.9 Å². The van der Waals surface area contributed by atoms with E-state index in [1.807, 2.05) is 0 Å². The molecule has 0 atom stereocenters. The molecule has 0 amide bonds. The summed E-state index contributed by atoms with van der Waals surface area (Å²) < 4.78 is 0. The molecule has 0 spiro atoms. The van der Waals surface area contributed by atoms with Gasteiger partial charge in [-0.25, -0.2) is 0 Å². The second-order valence-electron chi connectivity index (χ2n) is 6.61. The minimum atomic E-state index is 0.456. The van der Waals surface area contributed by atoms with Gasteiger partial charge in [0.15, 0.2) is 0 Å². The quantitative estimate of drug-likeness (QED) is 0.652. The molecule has 1 nitrogen and oxygen atoms in total. The van der Waals surface area contributed by atoms with Crippen LogP contribution < -0.4 is 0 Å². The molecule has 0 aromatic carbocycles. The van der Waals surface area contributed by atoms with Gasteiger partial charge in [0.25, 0.3) is 0 Å². The van der Waals surface area contributed by atoms with E-state index in [2.05, 4.69) is 33.8 Å². The van der Waals surface area contributed by atoms with Gasteiger partial charge in [-0.2, -0.15) is 5.26 Å². The second-order valence-corrected chi connectivity index (χ2v) is 6.61. The second kappa shape index (κ2) is 4.56. The first-order valence-corrected chi connectivity index (χ1v) is 6.24. The van der Waals surface area contributed by atoms with Gasteiger partial charge in [0.2, 0.25) is 0 Å². The molecule has 0 aliphatic heterocycles. The predicted octanol–water partition coefficient (Wildman–Crippen LogP) is 4.53. The van der Waals surface area contributed by atoms with Gasteiger partial charge in [0.05, 0.1) is 6.07 Å². The molecule has 0 N–H and O–H groups in total. The molecule has 1 aliphatic carbocycles. The molecule has 0 radical (unpaired) electrons. The minimum absolute atomic E-state index is 0.456. The van der Waals surface area contributed by atoms with Gasteiger partial charge in [-0.15, -0.1) is 0 Å². The molecule has 15 heavy (non-hydrogen) atoms. The summed E-state index contributed by atoms with van der Waals surface area (Å²) in [5, 5.41) is 8.64. The average molecular weight is 207 g/mol. The van der Waals surface area contributed by atoms with Crippen LogP contribution in [0.5, 0.6) is 0 Å². The van der Waals surface area contributed by atoms with Crippen molar-refractivity contribution in [2.24, 2.45) is 16.7 Å². The van der Waals surface area contributed by atoms with E-state index in [1.54, 1.807) is 0 Å². The summed E-state index contributed by atoms with van der Waals surface area (Å²) in [5.74, 6) is 0.882. The van der Waals surface area contributed by atoms with Crippen LogP contribution >= 0.6 is 0 Å². The zero-order valence-electron chi connectivity index (χ0n) is 10.8. The summed E-state index contributed by atoms with van der Waals surface area (Å²) in [4.78, 5) is 0. The van der Waals surface area contributed by atoms with E-state index >= 15 is 0 Å². The molecule has 0 unspecified atom stereocenters. The fraction of sp³-hybridized carbons (Fsp3) is 0.929. The third-order valence-electron chi connectivity index (χ3n) is 4.26. The van der Waals surface area contributed by atoms with Crippen molar-refractivity contribution in [1.82, 2.24) is 0 Å². The molecule has 86 valence electrons. The van der Waals surface area contributed by atoms with Gasteiger partial charge in [-0.05, 0) is 48.9 Å². The molecule has 1 heteroatoms. The first-order chi connectivity index (χ1) is 6.87. The fourth-order valence-corrected chi connectivity index (χ4v) is 2.79. The van der Waals surface area contributed by atoms with Crippen LogP contribution in [0.1, 0.15) is 66.2 Å². The summed E-state index contributed by atoms with van der Waals surface area (Å²) in [7, 11) is 0. The van der Waals surface area contributed by atoms with Crippen LogP contribution in [0.3, 0.4) is 0 Å². The zero-order valence-corrected chi connectivity index (χ0v) is 10.8. The fourth-order valence-electron chi connectivity index (χ4n) is 2.79. The third-order valence-corrected chi connectivity index (χ3v) is 4.26. The van der Waals surface area contributed by atoms with E-state index in [0.29, 0.717) is 10.8 Å². The Kier molecular flexibility index (Phi) is 3.82. The SMILES string of the molecule is CC1(CCC#N)CCC(C(C)(C)C)CC1. The van der Waals surface area contributed by atoms with Crippen molar-refractivity contribution in [2.75, 3.05) is 0 Å². The highest BCUT2D eigenvalue weighted by Gasteiger charge is 2.35. The lowest BCUT2D eigenvalue weighted by Crippen LogP contribution is -2.30. The number of hydrogen-bond donors (Lipinski definition) is 0. The van der Waals surface area contributed by atoms with Gasteiger partial charge < -0.3 is 0 Å². The molecule has 0 aromatic rings. The monoisotopic (exact) mass is 207 g/mol. The lowest BCUT2D eigenvalue weighted by molar-refractivity contribution is 0.0945. The minimum Gasteiger partial charge on any atom is -0.198 e. The van der Waals surface area contributed by atoms with Gasteiger partial charge in [0, 0.05) is 6.42 Å². The van der Waals surface area contributed by atoms with E-state index < -0.39 is 0 Å². The highest BCUT2D eigenvalue weighted by Crippen LogP contribution is 2.47. The molecule has 0 bridgehead atoms. The van der Waals surface area contributed by atoms with Crippen molar-refractivity contribution >= 4 is 0 Å². The average Bonchev–Trinajstić information content (AvgIpc) is 2.14. The van der Waals surface area contributed by atoms with E-state index in [-0.39, 0.29) is 0 Å². The first kappa shape index (κ1) is 12.6. The Morgan fingerprint density at radius 2 is 1.80 bits per heavy atom. The van der Waals surface area contributed by atoms with Crippen molar-refractivity contribution in [3.63, 3.8) is 0 Å². The molecule has 0 aromatic heterocycles. The van der Waals surface area contributed by atoms with Gasteiger partial charge in [-0.3, -0.25) is 0 Å². The van der Waals surface area contributed by atoms with Crippen molar-refractivity contribution in [1.29, 1.82) is 5.26 Å². The molecule has 1 aliphatic rings. The van der Waals surface area contributed by atoms with E-state index in [4.69, 9.17) is 5.26 Å². The van der Waals surface area contributed by atoms with Crippen molar-refractivity contribution < 1.29 is 0 Å². The standard InChI is InChI=1S/C14H25N/c1-13(2,3)12-6-9-14(4,10-7-12)8-5-11-15/h12H,5-10H2,1-4H3. The molecule has 1 rings (SSSR count). The summed E-state index contributed by atoms with van der Waals surface area (Å²) in [6.45, 7) is 9.43. The highest BCUT2D eigenvalue weighted by molar-refractivity contribution is 4.88. The van der Waals surface area contributed by atoms with Crippen molar-refractivity contribution in [3.8, 4) is 6.07 Å². The smallest absolute Gasteiger partial charge is 0.0621 e. The predicted molar refractivity (Wildman–Crippen MR) is 64.4 cm³/mol. The van der Waals surface area contributed by atoms with E-state index in [0.717, 1.165) is 18.8 Å². The lowest BCUT2D eigenvalue weighted by atomic mass is 9.63. The van der Waals surface area contributed by atoms with Crippen LogP contribution in [0.2, 0.25) is 0 Å². The molecule has 1 saturated carbocycles. The van der Waals surface area contributed by atoms with Crippen LogP contribution in [0.15, 0.2) is 0 Å². The largest absolute Gasteiger partial charge is 0.198 e.